The van der Waals surface area contributed by atoms with E-state index in [1.165, 1.54) is 58.2 Å². The Morgan fingerprint density at radius 3 is 2.41 bits per heavy atom. The maximum atomic E-state index is 6.10. The first kappa shape index (κ1) is 13.3. The van der Waals surface area contributed by atoms with Crippen molar-refractivity contribution in [3.05, 3.63) is 0 Å². The molecule has 3 heteroatoms. The van der Waals surface area contributed by atoms with Gasteiger partial charge in [-0.3, -0.25) is 0 Å². The molecule has 0 radical (unpaired) electrons. The van der Waals surface area contributed by atoms with Crippen LogP contribution < -0.4 is 5.73 Å². The number of nitrogens with zero attached hydrogens (tertiary/aromatic N) is 2. The van der Waals surface area contributed by atoms with Crippen LogP contribution in [0.4, 0.5) is 0 Å². The molecule has 0 aromatic carbocycles. The molecule has 0 bridgehead atoms. The Morgan fingerprint density at radius 2 is 1.82 bits per heavy atom. The quantitative estimate of drug-likeness (QED) is 0.813. The minimum Gasteiger partial charge on any atom is -0.328 e. The number of hydrogen-bond donors (Lipinski definition) is 1. The molecule has 100 valence electrons. The van der Waals surface area contributed by atoms with Crippen molar-refractivity contribution in [2.45, 2.75) is 63.6 Å². The zero-order valence-corrected chi connectivity index (χ0v) is 11.6. The van der Waals surface area contributed by atoms with E-state index in [0.29, 0.717) is 6.04 Å². The highest BCUT2D eigenvalue weighted by Gasteiger charge is 2.29. The van der Waals surface area contributed by atoms with Crippen molar-refractivity contribution in [2.75, 3.05) is 26.7 Å². The number of nitrogens with two attached hydrogens (primary N) is 1. The Bertz CT molecular complexity index is 224. The third-order valence-electron chi connectivity index (χ3n) is 4.84. The van der Waals surface area contributed by atoms with Gasteiger partial charge in [-0.1, -0.05) is 13.3 Å². The van der Waals surface area contributed by atoms with E-state index in [1.807, 2.05) is 0 Å². The average Bonchev–Trinajstić information content (AvgIpc) is 2.38. The second-order valence-electron chi connectivity index (χ2n) is 5.91. The van der Waals surface area contributed by atoms with Gasteiger partial charge in [0.25, 0.3) is 0 Å². The van der Waals surface area contributed by atoms with Gasteiger partial charge in [-0.2, -0.15) is 0 Å². The molecule has 1 heterocycles. The molecule has 2 rings (SSSR count). The first-order valence-electron chi connectivity index (χ1n) is 7.40. The topological polar surface area (TPSA) is 32.5 Å². The number of hydrogen-bond acceptors (Lipinski definition) is 3. The van der Waals surface area contributed by atoms with Crippen LogP contribution in [0.15, 0.2) is 0 Å². The minimum absolute atomic E-state index is 0.451. The molecule has 17 heavy (non-hydrogen) atoms. The molecule has 2 atom stereocenters. The zero-order valence-electron chi connectivity index (χ0n) is 11.6. The van der Waals surface area contributed by atoms with E-state index in [2.05, 4.69) is 23.8 Å². The van der Waals surface area contributed by atoms with Gasteiger partial charge in [0.1, 0.15) is 0 Å². The fraction of sp³-hybridized carbons (Fsp3) is 1.00. The summed E-state index contributed by atoms with van der Waals surface area (Å²) in [4.78, 5) is 5.21. The van der Waals surface area contributed by atoms with Crippen molar-refractivity contribution in [2.24, 2.45) is 5.73 Å². The van der Waals surface area contributed by atoms with Crippen LogP contribution in [0.3, 0.4) is 0 Å². The monoisotopic (exact) mass is 239 g/mol. The van der Waals surface area contributed by atoms with Crippen molar-refractivity contribution < 1.29 is 0 Å². The van der Waals surface area contributed by atoms with E-state index >= 15 is 0 Å². The maximum absolute atomic E-state index is 6.10. The third kappa shape index (κ3) is 3.43. The summed E-state index contributed by atoms with van der Waals surface area (Å²) in [6.45, 7) is 6.05. The van der Waals surface area contributed by atoms with Crippen LogP contribution in [0, 0.1) is 0 Å². The molecule has 2 N–H and O–H groups in total. The van der Waals surface area contributed by atoms with Gasteiger partial charge in [0.05, 0.1) is 0 Å². The first-order chi connectivity index (χ1) is 8.20. The largest absolute Gasteiger partial charge is 0.328 e. The standard InChI is InChI=1S/C14H29N3/c1-3-17-9-7-13(8-10-17)16(2)14-6-4-5-12(15)11-14/h12-14H,3-11,15H2,1-2H3. The summed E-state index contributed by atoms with van der Waals surface area (Å²) in [5.74, 6) is 0. The van der Waals surface area contributed by atoms with Gasteiger partial charge < -0.3 is 15.5 Å². The molecular weight excluding hydrogens is 210 g/mol. The Kier molecular flexibility index (Phi) is 4.83. The lowest BCUT2D eigenvalue weighted by Crippen LogP contribution is -2.49. The molecule has 2 aliphatic rings. The summed E-state index contributed by atoms with van der Waals surface area (Å²) in [5, 5.41) is 0. The highest BCUT2D eigenvalue weighted by molar-refractivity contribution is 4.86. The molecule has 2 unspecified atom stereocenters. The Labute approximate surface area is 106 Å². The van der Waals surface area contributed by atoms with Crippen LogP contribution in [0.1, 0.15) is 45.4 Å². The predicted octanol–water partition coefficient (Wildman–Crippen LogP) is 1.67. The van der Waals surface area contributed by atoms with Crippen molar-refractivity contribution in [3.8, 4) is 0 Å². The summed E-state index contributed by atoms with van der Waals surface area (Å²) in [5.41, 5.74) is 6.10. The maximum Gasteiger partial charge on any atom is 0.0119 e. The smallest absolute Gasteiger partial charge is 0.0119 e. The second-order valence-corrected chi connectivity index (χ2v) is 5.91. The molecular formula is C14H29N3. The molecule has 3 nitrogen and oxygen atoms in total. The van der Waals surface area contributed by atoms with Crippen LogP contribution >= 0.6 is 0 Å². The Balaban J connectivity index is 1.81. The van der Waals surface area contributed by atoms with E-state index in [4.69, 9.17) is 5.73 Å². The van der Waals surface area contributed by atoms with Gasteiger partial charge in [-0.05, 0) is 58.8 Å². The summed E-state index contributed by atoms with van der Waals surface area (Å²) < 4.78 is 0. The lowest BCUT2D eigenvalue weighted by molar-refractivity contribution is 0.0783. The van der Waals surface area contributed by atoms with E-state index < -0.39 is 0 Å². The van der Waals surface area contributed by atoms with Crippen LogP contribution in [0.25, 0.3) is 0 Å². The summed E-state index contributed by atoms with van der Waals surface area (Å²) >= 11 is 0. The lowest BCUT2D eigenvalue weighted by atomic mass is 9.89. The molecule has 2 fully saturated rings. The second kappa shape index (κ2) is 6.17. The van der Waals surface area contributed by atoms with Crippen molar-refractivity contribution >= 4 is 0 Å². The highest BCUT2D eigenvalue weighted by atomic mass is 15.2. The van der Waals surface area contributed by atoms with Gasteiger partial charge in [0.2, 0.25) is 0 Å². The lowest BCUT2D eigenvalue weighted by Gasteiger charge is -2.42. The van der Waals surface area contributed by atoms with Gasteiger partial charge in [-0.25, -0.2) is 0 Å². The third-order valence-corrected chi connectivity index (χ3v) is 4.84. The van der Waals surface area contributed by atoms with Crippen LogP contribution in [-0.4, -0.2) is 54.6 Å². The SMILES string of the molecule is CCN1CCC(N(C)C2CCCC(N)C2)CC1. The molecule has 1 aliphatic heterocycles. The fourth-order valence-corrected chi connectivity index (χ4v) is 3.51. The van der Waals surface area contributed by atoms with Gasteiger partial charge in [-0.15, -0.1) is 0 Å². The Morgan fingerprint density at radius 1 is 1.12 bits per heavy atom. The van der Waals surface area contributed by atoms with Crippen LogP contribution in [0.5, 0.6) is 0 Å². The van der Waals surface area contributed by atoms with Crippen LogP contribution in [-0.2, 0) is 0 Å². The highest BCUT2D eigenvalue weighted by Crippen LogP contribution is 2.25. The van der Waals surface area contributed by atoms with Crippen molar-refractivity contribution in [3.63, 3.8) is 0 Å². The molecule has 0 aromatic heterocycles. The minimum atomic E-state index is 0.451. The number of rotatable bonds is 3. The molecule has 0 spiro atoms. The van der Waals surface area contributed by atoms with Gasteiger partial charge >= 0.3 is 0 Å². The van der Waals surface area contributed by atoms with E-state index in [9.17, 15) is 0 Å². The molecule has 1 saturated heterocycles. The predicted molar refractivity (Wildman–Crippen MR) is 73.1 cm³/mol. The van der Waals surface area contributed by atoms with Crippen molar-refractivity contribution in [1.82, 2.24) is 9.80 Å². The normalized spacial score (nSPS) is 33.2. The number of piperidine rings is 1. The first-order valence-corrected chi connectivity index (χ1v) is 7.40. The summed E-state index contributed by atoms with van der Waals surface area (Å²) in [6.07, 6.45) is 7.82. The fourth-order valence-electron chi connectivity index (χ4n) is 3.51. The molecule has 0 aromatic rings. The summed E-state index contributed by atoms with van der Waals surface area (Å²) in [7, 11) is 2.33. The Hall–Kier alpha value is -0.120. The number of likely N-dealkylation sites (tertiary alicyclic amines) is 1. The van der Waals surface area contributed by atoms with Gasteiger partial charge in [0.15, 0.2) is 0 Å². The molecule has 1 aliphatic carbocycles. The van der Waals surface area contributed by atoms with E-state index in [0.717, 1.165) is 12.1 Å². The van der Waals surface area contributed by atoms with Crippen LogP contribution in [0.2, 0.25) is 0 Å². The van der Waals surface area contributed by atoms with Gasteiger partial charge in [0, 0.05) is 18.1 Å². The zero-order chi connectivity index (χ0) is 12.3. The average molecular weight is 239 g/mol. The summed E-state index contributed by atoms with van der Waals surface area (Å²) in [6, 6.07) is 2.00. The molecule has 1 saturated carbocycles. The van der Waals surface area contributed by atoms with Crippen molar-refractivity contribution in [1.29, 1.82) is 0 Å². The molecule has 0 amide bonds. The van der Waals surface area contributed by atoms with E-state index in [1.54, 1.807) is 0 Å². The van der Waals surface area contributed by atoms with E-state index in [-0.39, 0.29) is 0 Å².